The lowest BCUT2D eigenvalue weighted by Crippen LogP contribution is -2.43. The van der Waals surface area contributed by atoms with Gasteiger partial charge in [-0.15, -0.1) is 0 Å². The molecule has 2 nitrogen and oxygen atoms in total. The molecule has 2 heteroatoms. The summed E-state index contributed by atoms with van der Waals surface area (Å²) in [7, 11) is 0. The van der Waals surface area contributed by atoms with Crippen LogP contribution in [0.3, 0.4) is 0 Å². The topological polar surface area (TPSA) is 15.3 Å². The summed E-state index contributed by atoms with van der Waals surface area (Å²) in [5, 5.41) is 3.81. The Balaban J connectivity index is 1.65. The average Bonchev–Trinajstić information content (AvgIpc) is 3.14. The summed E-state index contributed by atoms with van der Waals surface area (Å²) in [6, 6.07) is 1.49. The third-order valence-electron chi connectivity index (χ3n) is 4.84. The largest absolute Gasteiger partial charge is 0.312 e. The smallest absolute Gasteiger partial charge is 0.0110 e. The Morgan fingerprint density at radius 3 is 2.44 bits per heavy atom. The molecular formula is C16H32N2. The van der Waals surface area contributed by atoms with Crippen LogP contribution >= 0.6 is 0 Å². The summed E-state index contributed by atoms with van der Waals surface area (Å²) in [4.78, 5) is 2.66. The molecule has 0 spiro atoms. The highest BCUT2D eigenvalue weighted by molar-refractivity contribution is 4.81. The number of nitrogens with one attached hydrogen (secondary N) is 1. The second-order valence-corrected chi connectivity index (χ2v) is 6.85. The lowest BCUT2D eigenvalue weighted by atomic mass is 9.86. The van der Waals surface area contributed by atoms with E-state index in [9.17, 15) is 0 Å². The van der Waals surface area contributed by atoms with Crippen molar-refractivity contribution in [1.29, 1.82) is 0 Å². The molecule has 0 saturated heterocycles. The Morgan fingerprint density at radius 2 is 1.83 bits per heavy atom. The van der Waals surface area contributed by atoms with Crippen LogP contribution in [0.25, 0.3) is 0 Å². The van der Waals surface area contributed by atoms with E-state index in [0.29, 0.717) is 6.04 Å². The van der Waals surface area contributed by atoms with Crippen LogP contribution in [0.2, 0.25) is 0 Å². The predicted octanol–water partition coefficient (Wildman–Crippen LogP) is 3.28. The SMILES string of the molecule is CC1CCCCC1NCCN(CC1CC1)C(C)C. The summed E-state index contributed by atoms with van der Waals surface area (Å²) in [6.07, 6.45) is 8.63. The fourth-order valence-electron chi connectivity index (χ4n) is 3.21. The lowest BCUT2D eigenvalue weighted by Gasteiger charge is -2.32. The lowest BCUT2D eigenvalue weighted by molar-refractivity contribution is 0.200. The minimum Gasteiger partial charge on any atom is -0.312 e. The summed E-state index contributed by atoms with van der Waals surface area (Å²) in [5.74, 6) is 1.90. The quantitative estimate of drug-likeness (QED) is 0.748. The van der Waals surface area contributed by atoms with Gasteiger partial charge in [-0.2, -0.15) is 0 Å². The Kier molecular flexibility index (Phi) is 5.50. The second-order valence-electron chi connectivity index (χ2n) is 6.85. The zero-order valence-electron chi connectivity index (χ0n) is 12.6. The van der Waals surface area contributed by atoms with Crippen molar-refractivity contribution in [2.75, 3.05) is 19.6 Å². The van der Waals surface area contributed by atoms with Crippen LogP contribution in [0.5, 0.6) is 0 Å². The molecule has 2 fully saturated rings. The third kappa shape index (κ3) is 4.55. The fourth-order valence-corrected chi connectivity index (χ4v) is 3.21. The van der Waals surface area contributed by atoms with E-state index in [1.54, 1.807) is 0 Å². The normalized spacial score (nSPS) is 29.2. The molecule has 2 saturated carbocycles. The van der Waals surface area contributed by atoms with Crippen molar-refractivity contribution in [2.45, 2.75) is 71.4 Å². The van der Waals surface area contributed by atoms with E-state index in [-0.39, 0.29) is 0 Å². The molecule has 0 heterocycles. The van der Waals surface area contributed by atoms with Crippen molar-refractivity contribution in [3.8, 4) is 0 Å². The van der Waals surface area contributed by atoms with Crippen molar-refractivity contribution in [3.63, 3.8) is 0 Å². The first kappa shape index (κ1) is 14.3. The van der Waals surface area contributed by atoms with Gasteiger partial charge in [-0.3, -0.25) is 4.90 Å². The van der Waals surface area contributed by atoms with E-state index in [2.05, 4.69) is 31.0 Å². The maximum absolute atomic E-state index is 3.81. The van der Waals surface area contributed by atoms with Gasteiger partial charge in [-0.1, -0.05) is 19.8 Å². The molecule has 106 valence electrons. The van der Waals surface area contributed by atoms with Gasteiger partial charge in [-0.25, -0.2) is 0 Å². The molecule has 0 aromatic carbocycles. The molecule has 0 aliphatic heterocycles. The molecule has 0 bridgehead atoms. The number of nitrogens with zero attached hydrogens (tertiary/aromatic N) is 1. The zero-order chi connectivity index (χ0) is 13.0. The minimum absolute atomic E-state index is 0.705. The molecule has 2 rings (SSSR count). The van der Waals surface area contributed by atoms with Crippen LogP contribution < -0.4 is 5.32 Å². The summed E-state index contributed by atoms with van der Waals surface area (Å²) >= 11 is 0. The molecule has 2 aliphatic carbocycles. The van der Waals surface area contributed by atoms with E-state index in [1.807, 2.05) is 0 Å². The van der Waals surface area contributed by atoms with Gasteiger partial charge in [-0.05, 0) is 51.4 Å². The van der Waals surface area contributed by atoms with E-state index in [1.165, 1.54) is 58.2 Å². The molecular weight excluding hydrogens is 220 g/mol. The Labute approximate surface area is 114 Å². The molecule has 0 radical (unpaired) electrons. The van der Waals surface area contributed by atoms with Gasteiger partial charge in [0.15, 0.2) is 0 Å². The predicted molar refractivity (Wildman–Crippen MR) is 78.9 cm³/mol. The standard InChI is InChI=1S/C16H32N2/c1-13(2)18(12-15-8-9-15)11-10-17-16-7-5-4-6-14(16)3/h13-17H,4-12H2,1-3H3. The highest BCUT2D eigenvalue weighted by Crippen LogP contribution is 2.30. The van der Waals surface area contributed by atoms with Crippen LogP contribution in [0.1, 0.15) is 59.3 Å². The van der Waals surface area contributed by atoms with Crippen LogP contribution in [0.4, 0.5) is 0 Å². The molecule has 0 aromatic rings. The first-order valence-electron chi connectivity index (χ1n) is 8.14. The van der Waals surface area contributed by atoms with Gasteiger partial charge in [0.1, 0.15) is 0 Å². The van der Waals surface area contributed by atoms with Gasteiger partial charge in [0, 0.05) is 31.7 Å². The van der Waals surface area contributed by atoms with Gasteiger partial charge in [0.05, 0.1) is 0 Å². The maximum atomic E-state index is 3.81. The van der Waals surface area contributed by atoms with Gasteiger partial charge < -0.3 is 5.32 Å². The highest BCUT2D eigenvalue weighted by Gasteiger charge is 2.25. The second kappa shape index (κ2) is 6.91. The number of hydrogen-bond acceptors (Lipinski definition) is 2. The monoisotopic (exact) mass is 252 g/mol. The van der Waals surface area contributed by atoms with Crippen LogP contribution in [-0.4, -0.2) is 36.6 Å². The van der Waals surface area contributed by atoms with Gasteiger partial charge >= 0.3 is 0 Å². The minimum atomic E-state index is 0.705. The van der Waals surface area contributed by atoms with Crippen molar-refractivity contribution >= 4 is 0 Å². The molecule has 2 atom stereocenters. The molecule has 2 aliphatic rings. The Bertz CT molecular complexity index is 235. The Hall–Kier alpha value is -0.0800. The van der Waals surface area contributed by atoms with Gasteiger partial charge in [0.2, 0.25) is 0 Å². The molecule has 18 heavy (non-hydrogen) atoms. The zero-order valence-corrected chi connectivity index (χ0v) is 12.6. The average molecular weight is 252 g/mol. The Morgan fingerprint density at radius 1 is 1.11 bits per heavy atom. The summed E-state index contributed by atoms with van der Waals surface area (Å²) < 4.78 is 0. The van der Waals surface area contributed by atoms with Gasteiger partial charge in [0.25, 0.3) is 0 Å². The first-order chi connectivity index (χ1) is 8.66. The van der Waals surface area contributed by atoms with Crippen molar-refractivity contribution in [1.82, 2.24) is 10.2 Å². The van der Waals surface area contributed by atoms with E-state index in [0.717, 1.165) is 17.9 Å². The number of rotatable bonds is 7. The van der Waals surface area contributed by atoms with Crippen molar-refractivity contribution in [3.05, 3.63) is 0 Å². The molecule has 2 unspecified atom stereocenters. The van der Waals surface area contributed by atoms with E-state index < -0.39 is 0 Å². The maximum Gasteiger partial charge on any atom is 0.0110 e. The van der Waals surface area contributed by atoms with Crippen molar-refractivity contribution < 1.29 is 0 Å². The van der Waals surface area contributed by atoms with Crippen LogP contribution in [-0.2, 0) is 0 Å². The number of hydrogen-bond donors (Lipinski definition) is 1. The highest BCUT2D eigenvalue weighted by atomic mass is 15.2. The van der Waals surface area contributed by atoms with Crippen LogP contribution in [0.15, 0.2) is 0 Å². The van der Waals surface area contributed by atoms with Crippen LogP contribution in [0, 0.1) is 11.8 Å². The summed E-state index contributed by atoms with van der Waals surface area (Å²) in [6.45, 7) is 10.8. The summed E-state index contributed by atoms with van der Waals surface area (Å²) in [5.41, 5.74) is 0. The third-order valence-corrected chi connectivity index (χ3v) is 4.84. The fraction of sp³-hybridized carbons (Fsp3) is 1.00. The molecule has 0 aromatic heterocycles. The van der Waals surface area contributed by atoms with E-state index in [4.69, 9.17) is 0 Å². The molecule has 1 N–H and O–H groups in total. The molecule has 0 amide bonds. The first-order valence-corrected chi connectivity index (χ1v) is 8.14. The van der Waals surface area contributed by atoms with Crippen molar-refractivity contribution in [2.24, 2.45) is 11.8 Å². The van der Waals surface area contributed by atoms with E-state index >= 15 is 0 Å².